The summed E-state index contributed by atoms with van der Waals surface area (Å²) < 4.78 is 0. The van der Waals surface area contributed by atoms with Crippen LogP contribution in [0.4, 0.5) is 0 Å². The number of hydrogen-bond donors (Lipinski definition) is 1. The van der Waals surface area contributed by atoms with Crippen molar-refractivity contribution in [1.82, 2.24) is 9.88 Å². The number of fused-ring (bicyclic) bond motifs is 1. The molecule has 1 atom stereocenters. The molecule has 5 heteroatoms. The van der Waals surface area contributed by atoms with Crippen molar-refractivity contribution < 1.29 is 4.79 Å². The molecule has 4 nitrogen and oxygen atoms in total. The molecule has 0 spiro atoms. The standard InChI is InChI=1S/C14H14ClN3O/c15-10-3-1-9-2-4-12(17-13(9)7-10)14(19)18-6-5-11(16)8-18/h1-4,7,11H,5-6,8,16H2. The summed E-state index contributed by atoms with van der Waals surface area (Å²) >= 11 is 5.94. The molecule has 98 valence electrons. The highest BCUT2D eigenvalue weighted by atomic mass is 35.5. The number of aromatic nitrogens is 1. The van der Waals surface area contributed by atoms with E-state index in [0.717, 1.165) is 17.3 Å². The van der Waals surface area contributed by atoms with Crippen LogP contribution in [0.1, 0.15) is 16.9 Å². The third-order valence-corrected chi connectivity index (χ3v) is 3.62. The van der Waals surface area contributed by atoms with Gasteiger partial charge in [-0.2, -0.15) is 0 Å². The van der Waals surface area contributed by atoms with Gasteiger partial charge in [-0.15, -0.1) is 0 Å². The molecular formula is C14H14ClN3O. The lowest BCUT2D eigenvalue weighted by Crippen LogP contribution is -2.32. The second kappa shape index (κ2) is 4.79. The van der Waals surface area contributed by atoms with E-state index in [2.05, 4.69) is 4.98 Å². The summed E-state index contributed by atoms with van der Waals surface area (Å²) in [6.07, 6.45) is 0.852. The average Bonchev–Trinajstić information content (AvgIpc) is 2.83. The molecule has 1 aromatic heterocycles. The molecular weight excluding hydrogens is 262 g/mol. The van der Waals surface area contributed by atoms with Gasteiger partial charge in [0.1, 0.15) is 5.69 Å². The van der Waals surface area contributed by atoms with E-state index in [9.17, 15) is 4.79 Å². The number of halogens is 1. The van der Waals surface area contributed by atoms with Crippen molar-refractivity contribution in [2.24, 2.45) is 5.73 Å². The molecule has 0 radical (unpaired) electrons. The van der Waals surface area contributed by atoms with Gasteiger partial charge in [0.2, 0.25) is 0 Å². The molecule has 3 rings (SSSR count). The number of nitrogens with two attached hydrogens (primary N) is 1. The van der Waals surface area contributed by atoms with E-state index >= 15 is 0 Å². The fraction of sp³-hybridized carbons (Fsp3) is 0.286. The third-order valence-electron chi connectivity index (χ3n) is 3.39. The van der Waals surface area contributed by atoms with Gasteiger partial charge < -0.3 is 10.6 Å². The van der Waals surface area contributed by atoms with Crippen LogP contribution in [0.3, 0.4) is 0 Å². The second-order valence-electron chi connectivity index (χ2n) is 4.83. The minimum absolute atomic E-state index is 0.0603. The van der Waals surface area contributed by atoms with Crippen molar-refractivity contribution in [2.75, 3.05) is 13.1 Å². The van der Waals surface area contributed by atoms with Gasteiger partial charge in [-0.3, -0.25) is 4.79 Å². The number of carbonyl (C=O) groups is 1. The van der Waals surface area contributed by atoms with E-state index in [-0.39, 0.29) is 11.9 Å². The highest BCUT2D eigenvalue weighted by molar-refractivity contribution is 6.31. The fourth-order valence-corrected chi connectivity index (χ4v) is 2.51. The Labute approximate surface area is 116 Å². The maximum Gasteiger partial charge on any atom is 0.272 e. The summed E-state index contributed by atoms with van der Waals surface area (Å²) in [7, 11) is 0. The molecule has 1 saturated heterocycles. The molecule has 0 aliphatic carbocycles. The Morgan fingerprint density at radius 1 is 1.37 bits per heavy atom. The lowest BCUT2D eigenvalue weighted by Gasteiger charge is -2.15. The Balaban J connectivity index is 1.94. The van der Waals surface area contributed by atoms with Crippen LogP contribution < -0.4 is 5.73 Å². The SMILES string of the molecule is NC1CCN(C(=O)c2ccc3ccc(Cl)cc3n2)C1. The summed E-state index contributed by atoms with van der Waals surface area (Å²) in [6, 6.07) is 9.20. The largest absolute Gasteiger partial charge is 0.336 e. The highest BCUT2D eigenvalue weighted by Gasteiger charge is 2.25. The minimum atomic E-state index is -0.0603. The van der Waals surface area contributed by atoms with E-state index in [4.69, 9.17) is 17.3 Å². The van der Waals surface area contributed by atoms with Gasteiger partial charge in [0.15, 0.2) is 0 Å². The van der Waals surface area contributed by atoms with Gasteiger partial charge in [0.25, 0.3) is 5.91 Å². The first-order valence-corrected chi connectivity index (χ1v) is 6.62. The van der Waals surface area contributed by atoms with Crippen LogP contribution in [0.25, 0.3) is 10.9 Å². The number of rotatable bonds is 1. The molecule has 2 N–H and O–H groups in total. The fourth-order valence-electron chi connectivity index (χ4n) is 2.34. The summed E-state index contributed by atoms with van der Waals surface area (Å²) in [4.78, 5) is 18.4. The van der Waals surface area contributed by atoms with E-state index in [1.54, 1.807) is 17.0 Å². The first-order valence-electron chi connectivity index (χ1n) is 6.24. The molecule has 2 heterocycles. The molecule has 0 bridgehead atoms. The zero-order chi connectivity index (χ0) is 13.4. The lowest BCUT2D eigenvalue weighted by atomic mass is 10.2. The monoisotopic (exact) mass is 275 g/mol. The van der Waals surface area contributed by atoms with Gasteiger partial charge >= 0.3 is 0 Å². The summed E-state index contributed by atoms with van der Waals surface area (Å²) in [6.45, 7) is 1.31. The number of carbonyl (C=O) groups excluding carboxylic acids is 1. The molecule has 1 aromatic carbocycles. The van der Waals surface area contributed by atoms with Crippen LogP contribution in [0.2, 0.25) is 5.02 Å². The predicted octanol–water partition coefficient (Wildman–Crippen LogP) is 2.06. The van der Waals surface area contributed by atoms with Crippen LogP contribution in [0, 0.1) is 0 Å². The van der Waals surface area contributed by atoms with E-state index in [1.165, 1.54) is 0 Å². The number of pyridine rings is 1. The van der Waals surface area contributed by atoms with Gasteiger partial charge in [-0.1, -0.05) is 23.7 Å². The smallest absolute Gasteiger partial charge is 0.272 e. The van der Waals surface area contributed by atoms with Crippen LogP contribution in [0.5, 0.6) is 0 Å². The third kappa shape index (κ3) is 2.41. The van der Waals surface area contributed by atoms with E-state index < -0.39 is 0 Å². The minimum Gasteiger partial charge on any atom is -0.336 e. The predicted molar refractivity (Wildman–Crippen MR) is 75.2 cm³/mol. The highest BCUT2D eigenvalue weighted by Crippen LogP contribution is 2.19. The van der Waals surface area contributed by atoms with Crippen LogP contribution in [-0.4, -0.2) is 34.9 Å². The van der Waals surface area contributed by atoms with Crippen molar-refractivity contribution in [3.63, 3.8) is 0 Å². The van der Waals surface area contributed by atoms with Gasteiger partial charge in [-0.25, -0.2) is 4.98 Å². The maximum atomic E-state index is 12.3. The van der Waals surface area contributed by atoms with Crippen molar-refractivity contribution in [1.29, 1.82) is 0 Å². The number of hydrogen-bond acceptors (Lipinski definition) is 3. The Kier molecular flexibility index (Phi) is 3.12. The number of benzene rings is 1. The second-order valence-corrected chi connectivity index (χ2v) is 5.27. The Morgan fingerprint density at radius 3 is 2.89 bits per heavy atom. The van der Waals surface area contributed by atoms with Crippen molar-refractivity contribution >= 4 is 28.4 Å². The number of likely N-dealkylation sites (tertiary alicyclic amines) is 1. The molecule has 1 fully saturated rings. The molecule has 1 aliphatic rings. The van der Waals surface area contributed by atoms with E-state index in [1.807, 2.05) is 18.2 Å². The summed E-state index contributed by atoms with van der Waals surface area (Å²) in [5.74, 6) is -0.0603. The summed E-state index contributed by atoms with van der Waals surface area (Å²) in [5, 5.41) is 1.59. The number of amides is 1. The van der Waals surface area contributed by atoms with Crippen LogP contribution in [-0.2, 0) is 0 Å². The van der Waals surface area contributed by atoms with Crippen LogP contribution >= 0.6 is 11.6 Å². The normalized spacial score (nSPS) is 19.1. The lowest BCUT2D eigenvalue weighted by molar-refractivity contribution is 0.0785. The zero-order valence-corrected chi connectivity index (χ0v) is 11.1. The quantitative estimate of drug-likeness (QED) is 0.867. The Hall–Kier alpha value is -1.65. The maximum absolute atomic E-state index is 12.3. The van der Waals surface area contributed by atoms with Gasteiger partial charge in [0.05, 0.1) is 5.52 Å². The molecule has 0 saturated carbocycles. The Morgan fingerprint density at radius 2 is 2.16 bits per heavy atom. The zero-order valence-electron chi connectivity index (χ0n) is 10.3. The Bertz CT molecular complexity index is 644. The molecule has 2 aromatic rings. The molecule has 19 heavy (non-hydrogen) atoms. The topological polar surface area (TPSA) is 59.2 Å². The van der Waals surface area contributed by atoms with Gasteiger partial charge in [-0.05, 0) is 24.6 Å². The van der Waals surface area contributed by atoms with Crippen molar-refractivity contribution in [2.45, 2.75) is 12.5 Å². The first-order chi connectivity index (χ1) is 9.13. The van der Waals surface area contributed by atoms with E-state index in [0.29, 0.717) is 23.8 Å². The summed E-state index contributed by atoms with van der Waals surface area (Å²) in [5.41, 5.74) is 7.01. The molecule has 1 unspecified atom stereocenters. The average molecular weight is 276 g/mol. The first kappa shape index (κ1) is 12.4. The molecule has 1 aliphatic heterocycles. The molecule has 1 amide bonds. The van der Waals surface area contributed by atoms with Crippen molar-refractivity contribution in [3.8, 4) is 0 Å². The van der Waals surface area contributed by atoms with Crippen LogP contribution in [0.15, 0.2) is 30.3 Å². The van der Waals surface area contributed by atoms with Crippen molar-refractivity contribution in [3.05, 3.63) is 41.0 Å². The number of nitrogens with zero attached hydrogens (tertiary/aromatic N) is 2. The van der Waals surface area contributed by atoms with Gasteiger partial charge in [0, 0.05) is 29.5 Å².